The Morgan fingerprint density at radius 1 is 0.605 bits per heavy atom. The van der Waals surface area contributed by atoms with E-state index < -0.39 is 56.0 Å². The molecule has 2 saturated heterocycles. The van der Waals surface area contributed by atoms with Crippen molar-refractivity contribution in [3.8, 4) is 11.5 Å². The van der Waals surface area contributed by atoms with Crippen LogP contribution in [0.4, 0.5) is 42.5 Å². The summed E-state index contributed by atoms with van der Waals surface area (Å²) in [7, 11) is -8.13. The molecule has 458 valence electrons. The van der Waals surface area contributed by atoms with Gasteiger partial charge in [0.05, 0.1) is 21.2 Å². The third-order valence-corrected chi connectivity index (χ3v) is 16.8. The molecule has 2 atom stereocenters. The molecule has 2 aliphatic rings. The van der Waals surface area contributed by atoms with Gasteiger partial charge in [0.2, 0.25) is 0 Å². The molecule has 2 fully saturated rings. The van der Waals surface area contributed by atoms with Crippen molar-refractivity contribution in [2.24, 2.45) is 11.8 Å². The summed E-state index contributed by atoms with van der Waals surface area (Å²) in [6.07, 6.45) is -4.84. The average molecular weight is 1360 g/mol. The third kappa shape index (κ3) is 27.3. The number of carbonyl (C=O) groups excluding carboxylic acids is 2. The number of ether oxygens (including phenoxy) is 3. The van der Waals surface area contributed by atoms with Gasteiger partial charge in [0.15, 0.2) is 0 Å². The van der Waals surface area contributed by atoms with Crippen molar-refractivity contribution in [1.82, 2.24) is 9.80 Å². The van der Waals surface area contributed by atoms with Gasteiger partial charge in [-0.25, -0.2) is 21.6 Å². The van der Waals surface area contributed by atoms with E-state index in [0.29, 0.717) is 37.3 Å². The number of hydrogen-bond acceptors (Lipinski definition) is 12. The van der Waals surface area contributed by atoms with Crippen molar-refractivity contribution in [3.63, 3.8) is 0 Å². The molecule has 0 spiro atoms. The van der Waals surface area contributed by atoms with E-state index in [4.69, 9.17) is 14.8 Å². The van der Waals surface area contributed by atoms with E-state index in [1.54, 1.807) is 80.3 Å². The first-order valence-electron chi connectivity index (χ1n) is 26.7. The van der Waals surface area contributed by atoms with Gasteiger partial charge >= 0.3 is 122 Å². The molecular weight excluding hydrogens is 1290 g/mol. The molecule has 0 N–H and O–H groups in total. The van der Waals surface area contributed by atoms with Crippen molar-refractivity contribution in [3.05, 3.63) is 181 Å². The minimum absolute atomic E-state index is 0. The normalized spacial score (nSPS) is 15.3. The van der Waals surface area contributed by atoms with Crippen LogP contribution in [0.25, 0.3) is 0 Å². The number of nitrogens with zero attached hydrogens (tertiary/aromatic N) is 4. The first-order valence-corrected chi connectivity index (χ1v) is 30.7. The minimum atomic E-state index is -4.88. The summed E-state index contributed by atoms with van der Waals surface area (Å²) in [6.45, 7) is 9.03. The Hall–Kier alpha value is -3.59. The number of anilines is 2. The Morgan fingerprint density at radius 3 is 1.35 bits per heavy atom. The first kappa shape index (κ1) is 76.7. The molecule has 0 radical (unpaired) electrons. The van der Waals surface area contributed by atoms with Crippen LogP contribution in [-0.4, -0.2) is 109 Å². The fourth-order valence-electron chi connectivity index (χ4n) is 9.12. The molecule has 6 aromatic rings. The number of carbonyl (C=O) groups is 2. The van der Waals surface area contributed by atoms with Gasteiger partial charge in [-0.2, -0.15) is 0 Å². The summed E-state index contributed by atoms with van der Waals surface area (Å²) in [6, 6.07) is 46.4. The van der Waals surface area contributed by atoms with Crippen LogP contribution in [0.5, 0.6) is 11.5 Å². The second-order valence-electron chi connectivity index (χ2n) is 20.4. The van der Waals surface area contributed by atoms with E-state index in [2.05, 4.69) is 71.6 Å². The molecule has 6 aromatic carbocycles. The van der Waals surface area contributed by atoms with Crippen molar-refractivity contribution < 1.29 is 181 Å². The molecule has 1 amide bonds. The molecule has 26 heteroatoms. The monoisotopic (exact) mass is 1360 g/mol. The second kappa shape index (κ2) is 37.5. The van der Waals surface area contributed by atoms with Crippen LogP contribution in [0.15, 0.2) is 180 Å². The average Bonchev–Trinajstić information content (AvgIpc) is 2.19. The Bertz CT molecular complexity index is 3140. The maximum Gasteiger partial charge on any atom is 1.00 e. The van der Waals surface area contributed by atoms with Crippen LogP contribution in [0.3, 0.4) is 0 Å². The molecule has 0 saturated carbocycles. The Morgan fingerprint density at radius 2 is 0.977 bits per heavy atom. The number of para-hydroxylation sites is 2. The number of benzene rings is 6. The molecule has 2 heterocycles. The predicted molar refractivity (Wildman–Crippen MR) is 310 cm³/mol. The van der Waals surface area contributed by atoms with Crippen LogP contribution in [0, 0.1) is 11.8 Å². The van der Waals surface area contributed by atoms with Crippen LogP contribution in [-0.2, 0) is 47.3 Å². The van der Waals surface area contributed by atoms with E-state index in [1.807, 2.05) is 30.3 Å². The number of alkyl halides is 7. The molecule has 0 bridgehead atoms. The molecular formula is C60H69BrF6K2N4O11S2. The Labute approximate surface area is 595 Å². The first-order chi connectivity index (χ1) is 39.8. The smallest absolute Gasteiger partial charge is 1.00 e. The number of halogens is 7. The zero-order chi connectivity index (χ0) is 61.4. The standard InChI is InChI=1S/C27H29F3N2O3S.C24H29F3N2O5S.C8H9Br.CH2O3.2K.H/c28-27(29,30)35-25-13-15-26(16-14-25)36(33,34)32(24-11-5-2-6-12-24)21-23-10-7-18-31(20-23)19-17-22-8-3-1-4-9-22;1-23(2,3)34-22(30)28-15-7-8-18(16-28)17-29(19-9-5-4-6-10-19)35(31,32)21-13-11-20(12-14-21)33-24(25,26)27;9-7-6-8-4-2-1-3-5-8;2-1-4-3;;;/h1-6,8-9,11-16,23H,7,10,17-21H2;4-6,9-14,18H,7-8,15-17H2,1-3H3;1-5H,6-7H2;1,3H;;;/q;;;;2*+1;-1/p-1. The van der Waals surface area contributed by atoms with Gasteiger partial charge in [0.1, 0.15) is 17.1 Å². The van der Waals surface area contributed by atoms with Crippen molar-refractivity contribution >= 4 is 59.9 Å². The topological polar surface area (TPSA) is 175 Å². The number of sulfonamides is 2. The second-order valence-corrected chi connectivity index (χ2v) is 24.9. The molecule has 8 rings (SSSR count). The molecule has 0 aromatic heterocycles. The summed E-state index contributed by atoms with van der Waals surface area (Å²) in [4.78, 5) is 27.5. The van der Waals surface area contributed by atoms with Crippen LogP contribution in [0.2, 0.25) is 0 Å². The zero-order valence-electron chi connectivity index (χ0n) is 49.5. The third-order valence-electron chi connectivity index (χ3n) is 12.8. The fraction of sp³-hybridized carbons (Fsp3) is 0.367. The Balaban J connectivity index is 0.000000477. The number of hydrogen-bond donors (Lipinski definition) is 0. The van der Waals surface area contributed by atoms with Gasteiger partial charge < -0.3 is 35.6 Å². The number of rotatable bonds is 18. The molecule has 15 nitrogen and oxygen atoms in total. The summed E-state index contributed by atoms with van der Waals surface area (Å²) in [5, 5.41) is 9.48. The van der Waals surface area contributed by atoms with Crippen molar-refractivity contribution in [1.29, 1.82) is 0 Å². The largest absolute Gasteiger partial charge is 1.00 e. The number of piperidine rings is 2. The van der Waals surface area contributed by atoms with E-state index >= 15 is 0 Å². The summed E-state index contributed by atoms with van der Waals surface area (Å²) >= 11 is 3.39. The summed E-state index contributed by atoms with van der Waals surface area (Å²) in [5.41, 5.74) is 2.96. The number of likely N-dealkylation sites (tertiary alicyclic amines) is 2. The number of amides is 1. The van der Waals surface area contributed by atoms with Gasteiger partial charge in [-0.15, -0.1) is 26.3 Å². The van der Waals surface area contributed by atoms with E-state index in [1.165, 1.54) is 19.7 Å². The molecule has 2 aliphatic heterocycles. The SMILES string of the molecule is BrCCc1ccccc1.CC(C)(C)OC(=O)N1CCCC(CN(c2ccccc2)S(=O)(=O)c2ccc(OC(F)(F)F)cc2)C1.O=CO[O-].O=S(=O)(c1ccc(OC(F)(F)F)cc1)N(CC1CCCN(CCc2ccccc2)C1)c1ccccc1.[H-].[K+].[K+]. The van der Waals surface area contributed by atoms with Gasteiger partial charge in [-0.05, 0) is 162 Å². The van der Waals surface area contributed by atoms with Crippen molar-refractivity contribution in [2.45, 2.75) is 87.4 Å². The maximum atomic E-state index is 13.6. The van der Waals surface area contributed by atoms with Crippen LogP contribution in [0.1, 0.15) is 59.0 Å². The summed E-state index contributed by atoms with van der Waals surface area (Å²) in [5.74, 6) is -1.02. The molecule has 86 heavy (non-hydrogen) atoms. The predicted octanol–water partition coefficient (Wildman–Crippen LogP) is 6.34. The minimum Gasteiger partial charge on any atom is -1.00 e. The van der Waals surface area contributed by atoms with E-state index in [0.717, 1.165) is 99.2 Å². The van der Waals surface area contributed by atoms with Gasteiger partial charge in [-0.3, -0.25) is 13.4 Å². The zero-order valence-corrected chi connectivity index (χ0v) is 58.0. The summed E-state index contributed by atoms with van der Waals surface area (Å²) < 4.78 is 145. The molecule has 2 unspecified atom stereocenters. The van der Waals surface area contributed by atoms with E-state index in [9.17, 15) is 48.0 Å². The van der Waals surface area contributed by atoms with Gasteiger partial charge in [0, 0.05) is 44.6 Å². The van der Waals surface area contributed by atoms with Crippen molar-refractivity contribution in [2.75, 3.05) is 59.8 Å². The quantitative estimate of drug-likeness (QED) is 0.0234. The maximum absolute atomic E-state index is 13.6. The van der Waals surface area contributed by atoms with Crippen LogP contribution >= 0.6 is 15.9 Å². The molecule has 0 aliphatic carbocycles. The fourth-order valence-corrected chi connectivity index (χ4v) is 12.7. The van der Waals surface area contributed by atoms with E-state index in [-0.39, 0.29) is 145 Å². The van der Waals surface area contributed by atoms with Gasteiger partial charge in [-0.1, -0.05) is 113 Å². The van der Waals surface area contributed by atoms with Crippen LogP contribution < -0.4 is 126 Å². The number of aryl methyl sites for hydroxylation is 1. The Kier molecular flexibility index (Phi) is 33.5. The van der Waals surface area contributed by atoms with Gasteiger partial charge in [0.25, 0.3) is 26.5 Å².